The predicted molar refractivity (Wildman–Crippen MR) is 87.9 cm³/mol. The number of benzene rings is 2. The number of carboxylic acids is 1. The summed E-state index contributed by atoms with van der Waals surface area (Å²) >= 11 is 0. The fourth-order valence-corrected chi connectivity index (χ4v) is 2.81. The predicted octanol–water partition coefficient (Wildman–Crippen LogP) is 4.59. The fraction of sp³-hybridized carbons (Fsp3) is 0. The Morgan fingerprint density at radius 3 is 2.43 bits per heavy atom. The van der Waals surface area contributed by atoms with Crippen LogP contribution in [0.25, 0.3) is 27.8 Å². The molecule has 0 saturated carbocycles. The Bertz CT molecular complexity index is 996. The van der Waals surface area contributed by atoms with Gasteiger partial charge in [-0.3, -0.25) is 0 Å². The summed E-state index contributed by atoms with van der Waals surface area (Å²) < 4.78 is 7.18. The van der Waals surface area contributed by atoms with Crippen LogP contribution >= 0.6 is 0 Å². The van der Waals surface area contributed by atoms with Crippen LogP contribution in [0.4, 0.5) is 0 Å². The largest absolute Gasteiger partial charge is 0.475 e. The van der Waals surface area contributed by atoms with E-state index in [1.54, 1.807) is 6.07 Å². The molecule has 4 rings (SSSR count). The number of nitrogens with zero attached hydrogens (tertiary/aromatic N) is 1. The molecule has 0 radical (unpaired) electrons. The standard InChI is InChI=1S/C19H13NO3/c21-19(22)18-11-15(12-23-18)20-16-9-5-4-8-14(16)10-17(20)13-6-2-1-3-7-13/h1-12H,(H,21,22). The SMILES string of the molecule is O=C(O)c1cc(-n2c(-c3ccccc3)cc3ccccc32)co1. The molecule has 4 aromatic rings. The van der Waals surface area contributed by atoms with Gasteiger partial charge in [0.15, 0.2) is 0 Å². The Balaban J connectivity index is 2.01. The van der Waals surface area contributed by atoms with Crippen molar-refractivity contribution in [1.29, 1.82) is 0 Å². The van der Waals surface area contributed by atoms with Gasteiger partial charge in [0.25, 0.3) is 0 Å². The van der Waals surface area contributed by atoms with Gasteiger partial charge < -0.3 is 14.1 Å². The van der Waals surface area contributed by atoms with Gasteiger partial charge in [-0.15, -0.1) is 0 Å². The van der Waals surface area contributed by atoms with Crippen molar-refractivity contribution in [3.8, 4) is 16.9 Å². The normalized spacial score (nSPS) is 11.0. The first-order valence-corrected chi connectivity index (χ1v) is 7.22. The molecular weight excluding hydrogens is 290 g/mol. The Hall–Kier alpha value is -3.27. The summed E-state index contributed by atoms with van der Waals surface area (Å²) in [7, 11) is 0. The molecule has 2 aromatic carbocycles. The quantitative estimate of drug-likeness (QED) is 0.602. The lowest BCUT2D eigenvalue weighted by Gasteiger charge is -2.08. The molecule has 0 unspecified atom stereocenters. The Labute approximate surface area is 132 Å². The zero-order valence-electron chi connectivity index (χ0n) is 12.1. The summed E-state index contributed by atoms with van der Waals surface area (Å²) in [5.41, 5.74) is 3.75. The van der Waals surface area contributed by atoms with Crippen LogP contribution in [0.5, 0.6) is 0 Å². The van der Waals surface area contributed by atoms with E-state index in [4.69, 9.17) is 9.52 Å². The second kappa shape index (κ2) is 5.18. The number of carbonyl (C=O) groups is 1. The summed E-state index contributed by atoms with van der Waals surface area (Å²) in [5.74, 6) is -1.15. The van der Waals surface area contributed by atoms with Crippen molar-refractivity contribution in [2.75, 3.05) is 0 Å². The Kier molecular flexibility index (Phi) is 3.01. The number of rotatable bonds is 3. The van der Waals surface area contributed by atoms with Crippen molar-refractivity contribution in [2.24, 2.45) is 0 Å². The van der Waals surface area contributed by atoms with E-state index in [2.05, 4.69) is 6.07 Å². The van der Waals surface area contributed by atoms with Gasteiger partial charge in [0.2, 0.25) is 5.76 Å². The first-order valence-electron chi connectivity index (χ1n) is 7.22. The molecule has 2 heterocycles. The van der Waals surface area contributed by atoms with E-state index in [0.717, 1.165) is 22.2 Å². The highest BCUT2D eigenvalue weighted by Gasteiger charge is 2.16. The van der Waals surface area contributed by atoms with E-state index in [0.29, 0.717) is 5.69 Å². The van der Waals surface area contributed by atoms with Gasteiger partial charge >= 0.3 is 5.97 Å². The summed E-state index contributed by atoms with van der Waals surface area (Å²) in [6.45, 7) is 0. The van der Waals surface area contributed by atoms with Crippen LogP contribution in [-0.4, -0.2) is 15.6 Å². The van der Waals surface area contributed by atoms with Gasteiger partial charge in [-0.05, 0) is 17.7 Å². The average Bonchev–Trinajstić information content (AvgIpc) is 3.20. The van der Waals surface area contributed by atoms with Gasteiger partial charge in [-0.2, -0.15) is 0 Å². The van der Waals surface area contributed by atoms with Crippen LogP contribution in [0.3, 0.4) is 0 Å². The number of fused-ring (bicyclic) bond motifs is 1. The molecule has 0 amide bonds. The smallest absolute Gasteiger partial charge is 0.371 e. The van der Waals surface area contributed by atoms with Gasteiger partial charge in [0.1, 0.15) is 6.26 Å². The van der Waals surface area contributed by atoms with Crippen LogP contribution in [0, 0.1) is 0 Å². The number of carboxylic acid groups (broad SMARTS) is 1. The molecule has 2 aromatic heterocycles. The molecule has 112 valence electrons. The highest BCUT2D eigenvalue weighted by molar-refractivity contribution is 5.90. The zero-order chi connectivity index (χ0) is 15.8. The highest BCUT2D eigenvalue weighted by atomic mass is 16.4. The monoisotopic (exact) mass is 303 g/mol. The Morgan fingerprint density at radius 2 is 1.70 bits per heavy atom. The maximum atomic E-state index is 11.1. The van der Waals surface area contributed by atoms with E-state index >= 15 is 0 Å². The number of hydrogen-bond acceptors (Lipinski definition) is 2. The third kappa shape index (κ3) is 2.21. The maximum absolute atomic E-state index is 11.1. The fourth-order valence-electron chi connectivity index (χ4n) is 2.81. The summed E-state index contributed by atoms with van der Waals surface area (Å²) in [6, 6.07) is 21.6. The third-order valence-electron chi connectivity index (χ3n) is 3.83. The second-order valence-corrected chi connectivity index (χ2v) is 5.26. The van der Waals surface area contributed by atoms with Gasteiger partial charge in [0.05, 0.1) is 16.9 Å². The molecule has 0 aliphatic heterocycles. The van der Waals surface area contributed by atoms with Crippen molar-refractivity contribution in [3.63, 3.8) is 0 Å². The molecule has 0 saturated heterocycles. The van der Waals surface area contributed by atoms with Crippen LogP contribution < -0.4 is 0 Å². The number of aromatic nitrogens is 1. The first kappa shape index (κ1) is 13.4. The number of para-hydroxylation sites is 1. The minimum absolute atomic E-state index is 0.0724. The highest BCUT2D eigenvalue weighted by Crippen LogP contribution is 2.32. The van der Waals surface area contributed by atoms with E-state index < -0.39 is 5.97 Å². The van der Waals surface area contributed by atoms with Crippen LogP contribution in [-0.2, 0) is 0 Å². The van der Waals surface area contributed by atoms with Gasteiger partial charge in [0, 0.05) is 11.5 Å². The second-order valence-electron chi connectivity index (χ2n) is 5.26. The van der Waals surface area contributed by atoms with E-state index in [9.17, 15) is 4.79 Å². The van der Waals surface area contributed by atoms with E-state index in [1.165, 1.54) is 6.26 Å². The van der Waals surface area contributed by atoms with Crippen molar-refractivity contribution < 1.29 is 14.3 Å². The van der Waals surface area contributed by atoms with Crippen molar-refractivity contribution in [3.05, 3.63) is 78.8 Å². The van der Waals surface area contributed by atoms with Crippen LogP contribution in [0.2, 0.25) is 0 Å². The average molecular weight is 303 g/mol. The summed E-state index contributed by atoms with van der Waals surface area (Å²) in [5, 5.41) is 10.2. The molecular formula is C19H13NO3. The molecule has 0 bridgehead atoms. The summed E-state index contributed by atoms with van der Waals surface area (Å²) in [4.78, 5) is 11.1. The zero-order valence-corrected chi connectivity index (χ0v) is 12.1. The molecule has 23 heavy (non-hydrogen) atoms. The van der Waals surface area contributed by atoms with Crippen molar-refractivity contribution in [1.82, 2.24) is 4.57 Å². The van der Waals surface area contributed by atoms with E-state index in [-0.39, 0.29) is 5.76 Å². The first-order chi connectivity index (χ1) is 11.2. The Morgan fingerprint density at radius 1 is 0.957 bits per heavy atom. The number of hydrogen-bond donors (Lipinski definition) is 1. The molecule has 4 heteroatoms. The molecule has 0 atom stereocenters. The minimum Gasteiger partial charge on any atom is -0.475 e. The van der Waals surface area contributed by atoms with Crippen molar-refractivity contribution >= 4 is 16.9 Å². The summed E-state index contributed by atoms with van der Waals surface area (Å²) in [6.07, 6.45) is 1.47. The molecule has 0 spiro atoms. The third-order valence-corrected chi connectivity index (χ3v) is 3.83. The molecule has 0 aliphatic rings. The van der Waals surface area contributed by atoms with Crippen LogP contribution in [0.1, 0.15) is 10.6 Å². The lowest BCUT2D eigenvalue weighted by Crippen LogP contribution is -1.96. The van der Waals surface area contributed by atoms with Crippen LogP contribution in [0.15, 0.2) is 77.4 Å². The molecule has 0 aliphatic carbocycles. The molecule has 1 N–H and O–H groups in total. The minimum atomic E-state index is -1.08. The number of furan rings is 1. The lowest BCUT2D eigenvalue weighted by molar-refractivity contribution is 0.0662. The van der Waals surface area contributed by atoms with Crippen molar-refractivity contribution in [2.45, 2.75) is 0 Å². The lowest BCUT2D eigenvalue weighted by atomic mass is 10.1. The maximum Gasteiger partial charge on any atom is 0.371 e. The van der Waals surface area contributed by atoms with Gasteiger partial charge in [-0.1, -0.05) is 48.5 Å². The number of aromatic carboxylic acids is 1. The molecule has 0 fully saturated rings. The van der Waals surface area contributed by atoms with Gasteiger partial charge in [-0.25, -0.2) is 4.79 Å². The molecule has 4 nitrogen and oxygen atoms in total. The topological polar surface area (TPSA) is 55.4 Å². The van der Waals surface area contributed by atoms with E-state index in [1.807, 2.05) is 59.2 Å².